The highest BCUT2D eigenvalue weighted by molar-refractivity contribution is 5.25. The summed E-state index contributed by atoms with van der Waals surface area (Å²) in [5.74, 6) is 0. The fourth-order valence-corrected chi connectivity index (χ4v) is 2.46. The lowest BCUT2D eigenvalue weighted by atomic mass is 9.96. The third kappa shape index (κ3) is 4.34. The quantitative estimate of drug-likeness (QED) is 0.854. The first-order valence-electron chi connectivity index (χ1n) is 6.92. The van der Waals surface area contributed by atoms with Gasteiger partial charge in [0.15, 0.2) is 0 Å². The van der Waals surface area contributed by atoms with Gasteiger partial charge in [0.2, 0.25) is 0 Å². The number of benzene rings is 1. The van der Waals surface area contributed by atoms with Gasteiger partial charge in [-0.2, -0.15) is 5.26 Å². The van der Waals surface area contributed by atoms with Crippen LogP contribution in [0.25, 0.3) is 0 Å². The molecule has 0 spiro atoms. The highest BCUT2D eigenvalue weighted by Crippen LogP contribution is 2.26. The molecule has 0 aromatic heterocycles. The van der Waals surface area contributed by atoms with Crippen LogP contribution in [0.15, 0.2) is 24.3 Å². The third-order valence-corrected chi connectivity index (χ3v) is 3.42. The van der Waals surface area contributed by atoms with E-state index in [2.05, 4.69) is 56.0 Å². The van der Waals surface area contributed by atoms with Crippen molar-refractivity contribution in [2.75, 3.05) is 6.54 Å². The van der Waals surface area contributed by atoms with E-state index in [4.69, 9.17) is 11.0 Å². The Kier molecular flexibility index (Phi) is 6.01. The van der Waals surface area contributed by atoms with E-state index in [1.165, 1.54) is 11.1 Å². The first-order valence-corrected chi connectivity index (χ1v) is 6.92. The molecule has 0 heterocycles. The first kappa shape index (κ1) is 15.7. The van der Waals surface area contributed by atoms with Gasteiger partial charge in [-0.1, -0.05) is 29.8 Å². The standard InChI is InChI=1S/C16H25N3/c1-12(2)19(11-5-10-17)16(14(4)18)15-8-6-13(3)7-9-15/h6-9,12,14,16H,5,11,18H2,1-4H3. The number of hydrogen-bond acceptors (Lipinski definition) is 3. The molecular weight excluding hydrogens is 234 g/mol. The second-order valence-corrected chi connectivity index (χ2v) is 5.45. The Balaban J connectivity index is 3.03. The molecule has 0 fully saturated rings. The number of rotatable bonds is 6. The Morgan fingerprint density at radius 3 is 2.21 bits per heavy atom. The van der Waals surface area contributed by atoms with E-state index in [1.807, 2.05) is 6.92 Å². The van der Waals surface area contributed by atoms with E-state index in [0.717, 1.165) is 6.54 Å². The normalized spacial score (nSPS) is 14.4. The van der Waals surface area contributed by atoms with Crippen LogP contribution in [0.5, 0.6) is 0 Å². The van der Waals surface area contributed by atoms with Crippen LogP contribution in [-0.4, -0.2) is 23.5 Å². The summed E-state index contributed by atoms with van der Waals surface area (Å²) in [7, 11) is 0. The molecule has 0 aliphatic heterocycles. The van der Waals surface area contributed by atoms with Crippen molar-refractivity contribution in [2.45, 2.75) is 52.2 Å². The molecule has 0 aliphatic carbocycles. The van der Waals surface area contributed by atoms with E-state index >= 15 is 0 Å². The monoisotopic (exact) mass is 259 g/mol. The Hall–Kier alpha value is -1.37. The van der Waals surface area contributed by atoms with Gasteiger partial charge < -0.3 is 5.73 Å². The molecule has 2 atom stereocenters. The summed E-state index contributed by atoms with van der Waals surface area (Å²) >= 11 is 0. The van der Waals surface area contributed by atoms with Gasteiger partial charge in [-0.15, -0.1) is 0 Å². The lowest BCUT2D eigenvalue weighted by molar-refractivity contribution is 0.139. The highest BCUT2D eigenvalue weighted by Gasteiger charge is 2.25. The molecule has 1 aromatic carbocycles. The van der Waals surface area contributed by atoms with Crippen molar-refractivity contribution in [3.8, 4) is 6.07 Å². The smallest absolute Gasteiger partial charge is 0.0635 e. The molecule has 3 nitrogen and oxygen atoms in total. The van der Waals surface area contributed by atoms with E-state index in [1.54, 1.807) is 0 Å². The van der Waals surface area contributed by atoms with E-state index in [9.17, 15) is 0 Å². The second kappa shape index (κ2) is 7.28. The van der Waals surface area contributed by atoms with Crippen molar-refractivity contribution in [1.82, 2.24) is 4.90 Å². The molecule has 0 amide bonds. The molecule has 19 heavy (non-hydrogen) atoms. The largest absolute Gasteiger partial charge is 0.326 e. The molecule has 0 saturated carbocycles. The van der Waals surface area contributed by atoms with Gasteiger partial charge in [0.25, 0.3) is 0 Å². The molecule has 2 N–H and O–H groups in total. The minimum atomic E-state index is 0.0313. The summed E-state index contributed by atoms with van der Waals surface area (Å²) in [4.78, 5) is 2.32. The minimum Gasteiger partial charge on any atom is -0.326 e. The van der Waals surface area contributed by atoms with Crippen LogP contribution < -0.4 is 5.73 Å². The Morgan fingerprint density at radius 2 is 1.79 bits per heavy atom. The van der Waals surface area contributed by atoms with Crippen molar-refractivity contribution < 1.29 is 0 Å². The van der Waals surface area contributed by atoms with Gasteiger partial charge in [-0.3, -0.25) is 4.90 Å². The fraction of sp³-hybridized carbons (Fsp3) is 0.562. The molecule has 3 heteroatoms. The molecule has 0 aliphatic rings. The molecular formula is C16H25N3. The fourth-order valence-electron chi connectivity index (χ4n) is 2.46. The SMILES string of the molecule is Cc1ccc(C(C(C)N)N(CCC#N)C(C)C)cc1. The van der Waals surface area contributed by atoms with Crippen molar-refractivity contribution in [1.29, 1.82) is 5.26 Å². The Bertz CT molecular complexity index is 415. The summed E-state index contributed by atoms with van der Waals surface area (Å²) in [6.45, 7) is 9.18. The number of nitriles is 1. The average molecular weight is 259 g/mol. The van der Waals surface area contributed by atoms with Gasteiger partial charge in [0.1, 0.15) is 0 Å². The average Bonchev–Trinajstić information content (AvgIpc) is 2.35. The maximum absolute atomic E-state index is 8.82. The van der Waals surface area contributed by atoms with Crippen LogP contribution in [-0.2, 0) is 0 Å². The number of nitrogens with two attached hydrogens (primary N) is 1. The maximum atomic E-state index is 8.82. The maximum Gasteiger partial charge on any atom is 0.0635 e. The zero-order valence-corrected chi connectivity index (χ0v) is 12.4. The molecule has 2 unspecified atom stereocenters. The lowest BCUT2D eigenvalue weighted by Crippen LogP contribution is -2.43. The summed E-state index contributed by atoms with van der Waals surface area (Å²) in [6, 6.07) is 11.3. The van der Waals surface area contributed by atoms with Crippen LogP contribution in [0.2, 0.25) is 0 Å². The third-order valence-electron chi connectivity index (χ3n) is 3.42. The second-order valence-electron chi connectivity index (χ2n) is 5.45. The molecule has 1 rings (SSSR count). The molecule has 0 saturated heterocycles. The lowest BCUT2D eigenvalue weighted by Gasteiger charge is -2.37. The summed E-state index contributed by atoms with van der Waals surface area (Å²) in [5.41, 5.74) is 8.67. The topological polar surface area (TPSA) is 53.0 Å². The summed E-state index contributed by atoms with van der Waals surface area (Å²) < 4.78 is 0. The zero-order valence-electron chi connectivity index (χ0n) is 12.4. The van der Waals surface area contributed by atoms with Crippen LogP contribution in [0, 0.1) is 18.3 Å². The van der Waals surface area contributed by atoms with Gasteiger partial charge in [0, 0.05) is 31.1 Å². The highest BCUT2D eigenvalue weighted by atomic mass is 15.2. The molecule has 1 aromatic rings. The minimum absolute atomic E-state index is 0.0313. The van der Waals surface area contributed by atoms with Crippen molar-refractivity contribution >= 4 is 0 Å². The van der Waals surface area contributed by atoms with Gasteiger partial charge in [0.05, 0.1) is 6.07 Å². The van der Waals surface area contributed by atoms with Crippen molar-refractivity contribution in [2.24, 2.45) is 5.73 Å². The predicted octanol–water partition coefficient (Wildman–Crippen LogP) is 3.01. The van der Waals surface area contributed by atoms with Gasteiger partial charge in [-0.05, 0) is 33.3 Å². The Labute approximate surface area is 117 Å². The van der Waals surface area contributed by atoms with Crippen molar-refractivity contribution in [3.05, 3.63) is 35.4 Å². The predicted molar refractivity (Wildman–Crippen MR) is 79.6 cm³/mol. The van der Waals surface area contributed by atoms with E-state index in [-0.39, 0.29) is 12.1 Å². The Morgan fingerprint density at radius 1 is 1.21 bits per heavy atom. The van der Waals surface area contributed by atoms with Gasteiger partial charge >= 0.3 is 0 Å². The summed E-state index contributed by atoms with van der Waals surface area (Å²) in [6.07, 6.45) is 0.535. The summed E-state index contributed by atoms with van der Waals surface area (Å²) in [5, 5.41) is 8.82. The van der Waals surface area contributed by atoms with Crippen molar-refractivity contribution in [3.63, 3.8) is 0 Å². The van der Waals surface area contributed by atoms with Crippen LogP contribution in [0.4, 0.5) is 0 Å². The van der Waals surface area contributed by atoms with Crippen LogP contribution >= 0.6 is 0 Å². The molecule has 0 bridgehead atoms. The number of nitrogens with zero attached hydrogens (tertiary/aromatic N) is 2. The van der Waals surface area contributed by atoms with E-state index in [0.29, 0.717) is 12.5 Å². The van der Waals surface area contributed by atoms with E-state index < -0.39 is 0 Å². The van der Waals surface area contributed by atoms with Crippen LogP contribution in [0.1, 0.15) is 44.4 Å². The first-order chi connectivity index (χ1) is 8.97. The number of aryl methyl sites for hydroxylation is 1. The zero-order chi connectivity index (χ0) is 14.4. The molecule has 104 valence electrons. The van der Waals surface area contributed by atoms with Crippen LogP contribution in [0.3, 0.4) is 0 Å². The number of hydrogen-bond donors (Lipinski definition) is 1. The molecule has 0 radical (unpaired) electrons. The van der Waals surface area contributed by atoms with Gasteiger partial charge in [-0.25, -0.2) is 0 Å².